The summed E-state index contributed by atoms with van der Waals surface area (Å²) < 4.78 is 5.14. The smallest absolute Gasteiger partial charge is 0.312 e. The van der Waals surface area contributed by atoms with E-state index in [2.05, 4.69) is 5.92 Å². The van der Waals surface area contributed by atoms with Gasteiger partial charge in [-0.3, -0.25) is 10.1 Å². The number of hydrogen-bond acceptors (Lipinski definition) is 4. The van der Waals surface area contributed by atoms with Gasteiger partial charge in [-0.2, -0.15) is 5.26 Å². The number of nitro benzene ring substituents is 1. The van der Waals surface area contributed by atoms with Crippen LogP contribution in [0.25, 0.3) is 0 Å². The van der Waals surface area contributed by atoms with E-state index in [9.17, 15) is 10.1 Å². The van der Waals surface area contributed by atoms with Crippen LogP contribution in [0.3, 0.4) is 0 Å². The number of ether oxygens (including phenoxy) is 1. The van der Waals surface area contributed by atoms with E-state index in [4.69, 9.17) is 16.4 Å². The van der Waals surface area contributed by atoms with Gasteiger partial charge in [0.05, 0.1) is 4.92 Å². The second-order valence-corrected chi connectivity index (χ2v) is 4.98. The first-order valence-corrected chi connectivity index (χ1v) is 5.60. The zero-order chi connectivity index (χ0) is 14.6. The number of rotatable bonds is 3. The molecule has 5 heteroatoms. The fraction of sp³-hybridized carbons (Fsp3) is 0.357. The molecule has 0 bridgehead atoms. The summed E-state index contributed by atoms with van der Waals surface area (Å²) in [6.07, 6.45) is 5.07. The third-order valence-corrected chi connectivity index (χ3v) is 2.55. The summed E-state index contributed by atoms with van der Waals surface area (Å²) in [7, 11) is 0. The lowest BCUT2D eigenvalue weighted by Crippen LogP contribution is -2.13. The predicted molar refractivity (Wildman–Crippen MR) is 70.8 cm³/mol. The maximum Gasteiger partial charge on any atom is 0.312 e. The van der Waals surface area contributed by atoms with Gasteiger partial charge in [-0.1, -0.05) is 26.7 Å². The van der Waals surface area contributed by atoms with Crippen LogP contribution in [0.2, 0.25) is 0 Å². The molecule has 0 fully saturated rings. The normalized spacial score (nSPS) is 10.4. The minimum Gasteiger partial charge on any atom is -0.473 e. The van der Waals surface area contributed by atoms with Crippen LogP contribution >= 0.6 is 0 Å². The molecule has 0 N–H and O–H groups in total. The molecule has 0 aliphatic heterocycles. The predicted octanol–water partition coefficient (Wildman–Crippen LogP) is 2.78. The zero-order valence-electron chi connectivity index (χ0n) is 11.1. The van der Waals surface area contributed by atoms with E-state index in [1.807, 2.05) is 26.8 Å². The van der Waals surface area contributed by atoms with Crippen molar-refractivity contribution in [3.8, 4) is 24.2 Å². The summed E-state index contributed by atoms with van der Waals surface area (Å²) in [4.78, 5) is 10.5. The monoisotopic (exact) mass is 258 g/mol. The summed E-state index contributed by atoms with van der Waals surface area (Å²) in [6.45, 7) is 5.62. The van der Waals surface area contributed by atoms with Crippen molar-refractivity contribution in [1.82, 2.24) is 0 Å². The summed E-state index contributed by atoms with van der Waals surface area (Å²) in [6, 6.07) is 4.93. The third kappa shape index (κ3) is 3.23. The number of benzene rings is 1. The lowest BCUT2D eigenvalue weighted by atomic mass is 9.85. The molecular weight excluding hydrogens is 244 g/mol. The molecule has 0 aromatic heterocycles. The Hall–Kier alpha value is -2.53. The Labute approximate surface area is 112 Å². The van der Waals surface area contributed by atoms with E-state index >= 15 is 0 Å². The molecule has 0 unspecified atom stereocenters. The lowest BCUT2D eigenvalue weighted by Gasteiger charge is -2.19. The molecule has 19 heavy (non-hydrogen) atoms. The second-order valence-electron chi connectivity index (χ2n) is 4.98. The zero-order valence-corrected chi connectivity index (χ0v) is 11.1. The highest BCUT2D eigenvalue weighted by molar-refractivity contribution is 5.59. The van der Waals surface area contributed by atoms with E-state index in [1.165, 1.54) is 6.07 Å². The van der Waals surface area contributed by atoms with Crippen molar-refractivity contribution < 1.29 is 9.66 Å². The number of terminal acetylenes is 1. The molecule has 1 rings (SSSR count). The molecule has 0 heterocycles. The van der Waals surface area contributed by atoms with Crippen LogP contribution in [0, 0.1) is 33.8 Å². The van der Waals surface area contributed by atoms with Crippen LogP contribution in [0.4, 0.5) is 5.69 Å². The number of nitro groups is 1. The topological polar surface area (TPSA) is 76.2 Å². The molecule has 0 aliphatic rings. The van der Waals surface area contributed by atoms with Gasteiger partial charge in [-0.05, 0) is 17.0 Å². The summed E-state index contributed by atoms with van der Waals surface area (Å²) in [5.41, 5.74) is 0.276. The molecule has 1 aromatic carbocycles. The molecule has 0 saturated carbocycles. The van der Waals surface area contributed by atoms with E-state index in [0.29, 0.717) is 5.56 Å². The van der Waals surface area contributed by atoms with Crippen molar-refractivity contribution in [2.45, 2.75) is 26.2 Å². The Balaban J connectivity index is 3.51. The summed E-state index contributed by atoms with van der Waals surface area (Å²) in [5.74, 6) is 2.15. The SMILES string of the molecule is C#CCOc1c(C#N)cc(C(C)(C)C)cc1[N+](=O)[O-]. The van der Waals surface area contributed by atoms with Gasteiger partial charge in [0, 0.05) is 6.07 Å². The number of nitriles is 1. The first-order chi connectivity index (χ1) is 8.81. The van der Waals surface area contributed by atoms with E-state index < -0.39 is 4.92 Å². The second kappa shape index (κ2) is 5.41. The molecule has 0 atom stereocenters. The molecule has 0 saturated heterocycles. The standard InChI is InChI=1S/C14H14N2O3/c1-5-6-19-13-10(9-15)7-11(14(2,3)4)8-12(13)16(17)18/h1,7-8H,6H2,2-4H3. The molecule has 0 spiro atoms. The summed E-state index contributed by atoms with van der Waals surface area (Å²) >= 11 is 0. The van der Waals surface area contributed by atoms with Crippen molar-refractivity contribution in [1.29, 1.82) is 5.26 Å². The third-order valence-electron chi connectivity index (χ3n) is 2.55. The van der Waals surface area contributed by atoms with Gasteiger partial charge >= 0.3 is 5.69 Å². The van der Waals surface area contributed by atoms with Crippen LogP contribution in [0.1, 0.15) is 31.9 Å². The Morgan fingerprint density at radius 1 is 1.47 bits per heavy atom. The molecule has 98 valence electrons. The Bertz CT molecular complexity index is 586. The van der Waals surface area contributed by atoms with Gasteiger partial charge in [-0.25, -0.2) is 0 Å². The molecule has 0 radical (unpaired) electrons. The van der Waals surface area contributed by atoms with Gasteiger partial charge in [0.25, 0.3) is 0 Å². The minimum atomic E-state index is -0.568. The van der Waals surface area contributed by atoms with Crippen LogP contribution in [-0.2, 0) is 5.41 Å². The first-order valence-electron chi connectivity index (χ1n) is 5.60. The molecular formula is C14H14N2O3. The fourth-order valence-corrected chi connectivity index (χ4v) is 1.53. The molecule has 5 nitrogen and oxygen atoms in total. The maximum atomic E-state index is 11.1. The number of hydrogen-bond donors (Lipinski definition) is 0. The van der Waals surface area contributed by atoms with E-state index in [1.54, 1.807) is 6.07 Å². The average molecular weight is 258 g/mol. The van der Waals surface area contributed by atoms with Crippen LogP contribution < -0.4 is 4.74 Å². The van der Waals surface area contributed by atoms with Crippen molar-refractivity contribution in [2.75, 3.05) is 6.61 Å². The van der Waals surface area contributed by atoms with Gasteiger partial charge in [0.15, 0.2) is 0 Å². The first kappa shape index (κ1) is 14.5. The van der Waals surface area contributed by atoms with Gasteiger partial charge in [0.1, 0.15) is 18.2 Å². The maximum absolute atomic E-state index is 11.1. The minimum absolute atomic E-state index is 0.0709. The molecule has 0 aliphatic carbocycles. The van der Waals surface area contributed by atoms with Gasteiger partial charge < -0.3 is 4.74 Å². The van der Waals surface area contributed by atoms with Crippen LogP contribution in [0.5, 0.6) is 5.75 Å². The van der Waals surface area contributed by atoms with Gasteiger partial charge in [0.2, 0.25) is 5.75 Å². The largest absolute Gasteiger partial charge is 0.473 e. The Morgan fingerprint density at radius 3 is 2.53 bits per heavy atom. The van der Waals surface area contributed by atoms with E-state index in [0.717, 1.165) is 0 Å². The highest BCUT2D eigenvalue weighted by Crippen LogP contribution is 2.36. The fourth-order valence-electron chi connectivity index (χ4n) is 1.53. The van der Waals surface area contributed by atoms with Crippen molar-refractivity contribution in [2.24, 2.45) is 0 Å². The quantitative estimate of drug-likeness (QED) is 0.474. The van der Waals surface area contributed by atoms with Crippen molar-refractivity contribution in [3.05, 3.63) is 33.4 Å². The Morgan fingerprint density at radius 2 is 2.11 bits per heavy atom. The highest BCUT2D eigenvalue weighted by Gasteiger charge is 2.25. The van der Waals surface area contributed by atoms with Crippen molar-refractivity contribution >= 4 is 5.69 Å². The molecule has 0 amide bonds. The lowest BCUT2D eigenvalue weighted by molar-refractivity contribution is -0.385. The van der Waals surface area contributed by atoms with E-state index in [-0.39, 0.29) is 29.0 Å². The Kier molecular flexibility index (Phi) is 4.14. The van der Waals surface area contributed by atoms with Gasteiger partial charge in [-0.15, -0.1) is 6.42 Å². The van der Waals surface area contributed by atoms with Crippen LogP contribution in [0.15, 0.2) is 12.1 Å². The summed E-state index contributed by atoms with van der Waals surface area (Å²) in [5, 5.41) is 20.2. The van der Waals surface area contributed by atoms with Crippen molar-refractivity contribution in [3.63, 3.8) is 0 Å². The number of nitrogens with zero attached hydrogens (tertiary/aromatic N) is 2. The molecule has 1 aromatic rings. The average Bonchev–Trinajstić information content (AvgIpc) is 2.33. The highest BCUT2D eigenvalue weighted by atomic mass is 16.6. The van der Waals surface area contributed by atoms with Crippen LogP contribution in [-0.4, -0.2) is 11.5 Å².